The monoisotopic (exact) mass is 413 g/mol. The molecule has 164 valence electrons. The third-order valence-corrected chi connectivity index (χ3v) is 6.27. The minimum Gasteiger partial charge on any atom is -0.356 e. The summed E-state index contributed by atoms with van der Waals surface area (Å²) in [6.07, 6.45) is 5.65. The molecule has 3 rings (SSSR count). The first-order chi connectivity index (χ1) is 14.2. The number of allylic oxidation sites excluding steroid dienone is 1. The Balaban J connectivity index is 1.83. The van der Waals surface area contributed by atoms with Crippen molar-refractivity contribution in [3.63, 3.8) is 0 Å². The number of imide groups is 1. The summed E-state index contributed by atoms with van der Waals surface area (Å²) in [6.45, 7) is 14.7. The van der Waals surface area contributed by atoms with Gasteiger partial charge in [0.25, 0.3) is 5.91 Å². The van der Waals surface area contributed by atoms with Crippen LogP contribution in [0, 0.1) is 19.8 Å². The predicted octanol–water partition coefficient (Wildman–Crippen LogP) is 3.71. The van der Waals surface area contributed by atoms with E-state index < -0.39 is 5.54 Å². The zero-order valence-electron chi connectivity index (χ0n) is 19.2. The van der Waals surface area contributed by atoms with E-state index in [2.05, 4.69) is 34.8 Å². The van der Waals surface area contributed by atoms with Crippen LogP contribution in [0.2, 0.25) is 0 Å². The van der Waals surface area contributed by atoms with E-state index in [4.69, 9.17) is 0 Å². The number of hydrogen-bond donors (Lipinski definition) is 0. The maximum atomic E-state index is 13.5. The largest absolute Gasteiger partial charge is 0.356 e. The van der Waals surface area contributed by atoms with Gasteiger partial charge in [-0.3, -0.25) is 9.69 Å². The zero-order valence-corrected chi connectivity index (χ0v) is 19.2. The summed E-state index contributed by atoms with van der Waals surface area (Å²) < 4.78 is 0. The minimum atomic E-state index is -0.723. The second kappa shape index (κ2) is 8.74. The number of urea groups is 1. The van der Waals surface area contributed by atoms with Crippen molar-refractivity contribution in [2.24, 2.45) is 5.92 Å². The predicted molar refractivity (Wildman–Crippen MR) is 118 cm³/mol. The summed E-state index contributed by atoms with van der Waals surface area (Å²) in [7, 11) is 0. The van der Waals surface area contributed by atoms with E-state index in [0.29, 0.717) is 51.4 Å². The zero-order chi connectivity index (χ0) is 22.1. The van der Waals surface area contributed by atoms with Gasteiger partial charge in [0.15, 0.2) is 0 Å². The molecule has 7 nitrogen and oxygen atoms in total. The third-order valence-electron chi connectivity index (χ3n) is 6.27. The lowest BCUT2D eigenvalue weighted by Gasteiger charge is -2.43. The van der Waals surface area contributed by atoms with E-state index in [1.807, 2.05) is 32.6 Å². The van der Waals surface area contributed by atoms with Gasteiger partial charge < -0.3 is 9.80 Å². The molecule has 2 aliphatic rings. The van der Waals surface area contributed by atoms with E-state index in [0.717, 1.165) is 17.1 Å². The number of amides is 3. The van der Waals surface area contributed by atoms with Crippen LogP contribution in [0.4, 0.5) is 10.6 Å². The lowest BCUT2D eigenvalue weighted by Crippen LogP contribution is -2.57. The lowest BCUT2D eigenvalue weighted by atomic mass is 9.85. The summed E-state index contributed by atoms with van der Waals surface area (Å²) in [5, 5.41) is 0. The number of anilines is 1. The van der Waals surface area contributed by atoms with Crippen LogP contribution >= 0.6 is 0 Å². The van der Waals surface area contributed by atoms with E-state index >= 15 is 0 Å². The smallest absolute Gasteiger partial charge is 0.327 e. The van der Waals surface area contributed by atoms with Crippen molar-refractivity contribution >= 4 is 17.8 Å². The second-order valence-electron chi connectivity index (χ2n) is 9.24. The van der Waals surface area contributed by atoms with Gasteiger partial charge in [-0.05, 0) is 52.9 Å². The Morgan fingerprint density at radius 3 is 2.43 bits per heavy atom. The molecule has 7 heteroatoms. The van der Waals surface area contributed by atoms with Crippen LogP contribution in [0.15, 0.2) is 18.0 Å². The van der Waals surface area contributed by atoms with Gasteiger partial charge in [-0.15, -0.1) is 0 Å². The molecule has 30 heavy (non-hydrogen) atoms. The standard InChI is InChI=1S/C23H35N5O2/c1-16(2)8-7-11-27-21(29)23(28(22(27)30)14-17(3)4)9-12-26(13-10-23)20-18(5)19(6)24-15-25-20/h8,15,17H,7,9-14H2,1-6H3. The number of piperidine rings is 1. The Morgan fingerprint density at radius 1 is 1.17 bits per heavy atom. The van der Waals surface area contributed by atoms with Gasteiger partial charge in [0.2, 0.25) is 0 Å². The maximum absolute atomic E-state index is 13.5. The fourth-order valence-electron chi connectivity index (χ4n) is 4.50. The average molecular weight is 414 g/mol. The molecule has 0 aromatic carbocycles. The number of carbonyl (C=O) groups excluding carboxylic acids is 2. The Bertz CT molecular complexity index is 836. The highest BCUT2D eigenvalue weighted by Crippen LogP contribution is 2.39. The van der Waals surface area contributed by atoms with Crippen molar-refractivity contribution in [1.29, 1.82) is 0 Å². The molecule has 3 heterocycles. The topological polar surface area (TPSA) is 69.6 Å². The molecule has 2 aliphatic heterocycles. The van der Waals surface area contributed by atoms with Gasteiger partial charge >= 0.3 is 6.03 Å². The Kier molecular flexibility index (Phi) is 6.48. The molecular formula is C23H35N5O2. The summed E-state index contributed by atoms with van der Waals surface area (Å²) in [5.41, 5.74) is 2.52. The fourth-order valence-corrected chi connectivity index (χ4v) is 4.50. The highest BCUT2D eigenvalue weighted by Gasteiger charge is 2.57. The Hall–Kier alpha value is -2.44. The normalized spacial score (nSPS) is 18.7. The molecule has 0 bridgehead atoms. The highest BCUT2D eigenvalue weighted by molar-refractivity contribution is 6.07. The molecule has 0 radical (unpaired) electrons. The first-order valence-electron chi connectivity index (χ1n) is 11.0. The van der Waals surface area contributed by atoms with Crippen LogP contribution in [0.5, 0.6) is 0 Å². The summed E-state index contributed by atoms with van der Waals surface area (Å²) in [4.78, 5) is 41.1. The number of rotatable bonds is 6. The SMILES string of the molecule is CC(C)=CCCN1C(=O)N(CC(C)C)C2(CCN(c3ncnc(C)c3C)CC2)C1=O. The van der Waals surface area contributed by atoms with Crippen molar-refractivity contribution in [3.05, 3.63) is 29.2 Å². The van der Waals surface area contributed by atoms with Gasteiger partial charge in [0, 0.05) is 37.4 Å². The van der Waals surface area contributed by atoms with E-state index in [-0.39, 0.29) is 11.9 Å². The van der Waals surface area contributed by atoms with Crippen LogP contribution in [0.3, 0.4) is 0 Å². The summed E-state index contributed by atoms with van der Waals surface area (Å²) in [5.74, 6) is 1.22. The van der Waals surface area contributed by atoms with Crippen LogP contribution in [0.1, 0.15) is 58.2 Å². The molecule has 0 unspecified atom stereocenters. The Labute approximate surface area is 180 Å². The maximum Gasteiger partial charge on any atom is 0.327 e. The van der Waals surface area contributed by atoms with Crippen molar-refractivity contribution in [1.82, 2.24) is 19.8 Å². The molecule has 0 N–H and O–H groups in total. The van der Waals surface area contributed by atoms with Gasteiger partial charge in [-0.2, -0.15) is 0 Å². The third kappa shape index (κ3) is 4.07. The van der Waals surface area contributed by atoms with Crippen molar-refractivity contribution < 1.29 is 9.59 Å². The molecule has 1 aromatic rings. The number of nitrogens with zero attached hydrogens (tertiary/aromatic N) is 5. The molecule has 0 aliphatic carbocycles. The lowest BCUT2D eigenvalue weighted by molar-refractivity contribution is -0.134. The van der Waals surface area contributed by atoms with Crippen molar-refractivity contribution in [2.45, 2.75) is 66.3 Å². The van der Waals surface area contributed by atoms with Crippen LogP contribution in [0.25, 0.3) is 0 Å². The Morgan fingerprint density at radius 2 is 1.83 bits per heavy atom. The molecule has 3 amide bonds. The summed E-state index contributed by atoms with van der Waals surface area (Å²) in [6, 6.07) is -0.127. The van der Waals surface area contributed by atoms with Crippen molar-refractivity contribution in [3.8, 4) is 0 Å². The van der Waals surface area contributed by atoms with Gasteiger partial charge in [-0.1, -0.05) is 25.5 Å². The summed E-state index contributed by atoms with van der Waals surface area (Å²) >= 11 is 0. The first-order valence-corrected chi connectivity index (χ1v) is 11.0. The molecule has 1 spiro atoms. The van der Waals surface area contributed by atoms with E-state index in [9.17, 15) is 9.59 Å². The second-order valence-corrected chi connectivity index (χ2v) is 9.24. The van der Waals surface area contributed by atoms with Crippen LogP contribution in [-0.2, 0) is 4.79 Å². The molecule has 2 saturated heterocycles. The number of aryl methyl sites for hydroxylation is 1. The first kappa shape index (κ1) is 22.2. The minimum absolute atomic E-state index is 0.0226. The van der Waals surface area contributed by atoms with Crippen molar-refractivity contribution in [2.75, 3.05) is 31.1 Å². The highest BCUT2D eigenvalue weighted by atomic mass is 16.2. The quantitative estimate of drug-likeness (QED) is 0.525. The van der Waals surface area contributed by atoms with Crippen LogP contribution in [-0.4, -0.2) is 63.4 Å². The van der Waals surface area contributed by atoms with Gasteiger partial charge in [0.05, 0.1) is 0 Å². The number of hydrogen-bond acceptors (Lipinski definition) is 5. The number of carbonyl (C=O) groups is 2. The molecule has 0 saturated carbocycles. The average Bonchev–Trinajstić information content (AvgIpc) is 2.87. The molecule has 2 fully saturated rings. The van der Waals surface area contributed by atoms with Crippen LogP contribution < -0.4 is 4.90 Å². The molecule has 1 aromatic heterocycles. The van der Waals surface area contributed by atoms with E-state index in [1.54, 1.807) is 6.33 Å². The van der Waals surface area contributed by atoms with E-state index in [1.165, 1.54) is 10.5 Å². The fraction of sp³-hybridized carbons (Fsp3) is 0.652. The van der Waals surface area contributed by atoms with Gasteiger partial charge in [-0.25, -0.2) is 14.8 Å². The van der Waals surface area contributed by atoms with Gasteiger partial charge in [0.1, 0.15) is 17.7 Å². The number of aromatic nitrogens is 2. The molecule has 0 atom stereocenters. The molecular weight excluding hydrogens is 378 g/mol.